The molecule has 1 atom stereocenters. The molecule has 1 aliphatic rings. The van der Waals surface area contributed by atoms with E-state index < -0.39 is 0 Å². The molecule has 118 valence electrons. The second-order valence-electron chi connectivity index (χ2n) is 5.42. The summed E-state index contributed by atoms with van der Waals surface area (Å²) in [5.41, 5.74) is 1.53. The number of ether oxygens (including phenoxy) is 2. The first-order chi connectivity index (χ1) is 11.3. The van der Waals surface area contributed by atoms with Crippen molar-refractivity contribution < 1.29 is 14.3 Å². The van der Waals surface area contributed by atoms with Crippen molar-refractivity contribution in [2.24, 2.45) is 0 Å². The van der Waals surface area contributed by atoms with E-state index in [-0.39, 0.29) is 12.1 Å². The average molecular weight is 309 g/mol. The molecule has 1 aromatic heterocycles. The van der Waals surface area contributed by atoms with Gasteiger partial charge in [0.1, 0.15) is 5.75 Å². The number of pyridine rings is 1. The second-order valence-corrected chi connectivity index (χ2v) is 5.42. The van der Waals surface area contributed by atoms with Gasteiger partial charge in [0.25, 0.3) is 0 Å². The average Bonchev–Trinajstić information content (AvgIpc) is 2.62. The number of carbonyl (C=O) groups excluding carboxylic acids is 1. The maximum atomic E-state index is 12.0. The Morgan fingerprint density at radius 2 is 2.09 bits per heavy atom. The molecule has 0 spiro atoms. The lowest BCUT2D eigenvalue weighted by molar-refractivity contribution is -0.105. The second kappa shape index (κ2) is 7.70. The molecule has 23 heavy (non-hydrogen) atoms. The first-order valence-electron chi connectivity index (χ1n) is 7.82. The summed E-state index contributed by atoms with van der Waals surface area (Å²) in [6.45, 7) is 0.766. The number of hydrogen-bond donors (Lipinski definition) is 0. The summed E-state index contributed by atoms with van der Waals surface area (Å²) in [7, 11) is 0. The first kappa shape index (κ1) is 15.4. The van der Waals surface area contributed by atoms with Crippen LogP contribution in [0.5, 0.6) is 5.75 Å². The number of hydrogen-bond acceptors (Lipinski definition) is 4. The Hall–Kier alpha value is -2.46. The van der Waals surface area contributed by atoms with Gasteiger partial charge < -0.3 is 9.47 Å². The molecule has 0 saturated carbocycles. The molecule has 0 radical (unpaired) electrons. The molecule has 2 aromatic rings. The fourth-order valence-electron chi connectivity index (χ4n) is 2.39. The lowest BCUT2D eigenvalue weighted by Crippen LogP contribution is -2.24. The molecule has 0 aliphatic carbocycles. The SMILES string of the molecule is O=C(/C=C/c1ccc(OC2CCCCO2)cc1)c1cccnc1. The van der Waals surface area contributed by atoms with Crippen LogP contribution in [0, 0.1) is 0 Å². The molecule has 4 heteroatoms. The van der Waals surface area contributed by atoms with Crippen LogP contribution in [0.2, 0.25) is 0 Å². The predicted octanol–water partition coefficient (Wildman–Crippen LogP) is 3.88. The highest BCUT2D eigenvalue weighted by atomic mass is 16.7. The molecular formula is C19H19NO3. The predicted molar refractivity (Wildman–Crippen MR) is 88.3 cm³/mol. The molecule has 1 unspecified atom stereocenters. The molecule has 0 amide bonds. The Bertz CT molecular complexity index is 659. The summed E-state index contributed by atoms with van der Waals surface area (Å²) in [6.07, 6.45) is 9.59. The summed E-state index contributed by atoms with van der Waals surface area (Å²) in [6, 6.07) is 11.1. The molecule has 2 heterocycles. The van der Waals surface area contributed by atoms with Gasteiger partial charge in [0, 0.05) is 24.4 Å². The van der Waals surface area contributed by atoms with E-state index >= 15 is 0 Å². The number of aromatic nitrogens is 1. The third-order valence-electron chi connectivity index (χ3n) is 3.66. The first-order valence-corrected chi connectivity index (χ1v) is 7.82. The van der Waals surface area contributed by atoms with Gasteiger partial charge in [0.2, 0.25) is 0 Å². The maximum Gasteiger partial charge on any atom is 0.199 e. The van der Waals surface area contributed by atoms with E-state index in [1.165, 1.54) is 0 Å². The molecule has 1 saturated heterocycles. The maximum absolute atomic E-state index is 12.0. The van der Waals surface area contributed by atoms with Crippen molar-refractivity contribution in [3.8, 4) is 5.75 Å². The Kier molecular flexibility index (Phi) is 5.17. The molecule has 1 aromatic carbocycles. The van der Waals surface area contributed by atoms with E-state index in [0.29, 0.717) is 5.56 Å². The Labute approximate surface area is 135 Å². The normalized spacial score (nSPS) is 18.0. The van der Waals surface area contributed by atoms with Crippen molar-refractivity contribution >= 4 is 11.9 Å². The van der Waals surface area contributed by atoms with Crippen molar-refractivity contribution in [2.75, 3.05) is 6.61 Å². The fraction of sp³-hybridized carbons (Fsp3) is 0.263. The van der Waals surface area contributed by atoms with Gasteiger partial charge in [-0.05, 0) is 48.7 Å². The van der Waals surface area contributed by atoms with Gasteiger partial charge in [-0.2, -0.15) is 0 Å². The van der Waals surface area contributed by atoms with E-state index in [0.717, 1.165) is 37.2 Å². The van der Waals surface area contributed by atoms with Gasteiger partial charge in [-0.25, -0.2) is 0 Å². The zero-order valence-corrected chi connectivity index (χ0v) is 12.9. The van der Waals surface area contributed by atoms with Crippen LogP contribution in [0.1, 0.15) is 35.2 Å². The van der Waals surface area contributed by atoms with E-state index in [2.05, 4.69) is 4.98 Å². The van der Waals surface area contributed by atoms with Gasteiger partial charge >= 0.3 is 0 Å². The zero-order valence-electron chi connectivity index (χ0n) is 12.9. The monoisotopic (exact) mass is 309 g/mol. The lowest BCUT2D eigenvalue weighted by Gasteiger charge is -2.23. The van der Waals surface area contributed by atoms with Gasteiger partial charge in [-0.3, -0.25) is 9.78 Å². The quantitative estimate of drug-likeness (QED) is 0.621. The fourth-order valence-corrected chi connectivity index (χ4v) is 2.39. The Morgan fingerprint density at radius 1 is 1.22 bits per heavy atom. The van der Waals surface area contributed by atoms with Crippen LogP contribution in [0.4, 0.5) is 0 Å². The van der Waals surface area contributed by atoms with E-state index in [1.54, 1.807) is 36.7 Å². The number of carbonyl (C=O) groups is 1. The van der Waals surface area contributed by atoms with Crippen molar-refractivity contribution in [3.63, 3.8) is 0 Å². The van der Waals surface area contributed by atoms with Crippen LogP contribution in [0.15, 0.2) is 54.9 Å². The van der Waals surface area contributed by atoms with Crippen molar-refractivity contribution in [2.45, 2.75) is 25.6 Å². The topological polar surface area (TPSA) is 48.4 Å². The summed E-state index contributed by atoms with van der Waals surface area (Å²) < 4.78 is 11.3. The Morgan fingerprint density at radius 3 is 2.78 bits per heavy atom. The molecule has 0 N–H and O–H groups in total. The van der Waals surface area contributed by atoms with Crippen molar-refractivity contribution in [1.29, 1.82) is 0 Å². The van der Waals surface area contributed by atoms with Crippen LogP contribution in [0.25, 0.3) is 6.08 Å². The van der Waals surface area contributed by atoms with E-state index in [1.807, 2.05) is 24.3 Å². The number of nitrogens with zero attached hydrogens (tertiary/aromatic N) is 1. The smallest absolute Gasteiger partial charge is 0.199 e. The van der Waals surface area contributed by atoms with Gasteiger partial charge in [0.15, 0.2) is 12.1 Å². The minimum atomic E-state index is -0.141. The largest absolute Gasteiger partial charge is 0.465 e. The number of ketones is 1. The van der Waals surface area contributed by atoms with Crippen LogP contribution in [-0.2, 0) is 4.74 Å². The number of rotatable bonds is 5. The van der Waals surface area contributed by atoms with Crippen LogP contribution < -0.4 is 4.74 Å². The van der Waals surface area contributed by atoms with Crippen LogP contribution in [-0.4, -0.2) is 23.7 Å². The highest BCUT2D eigenvalue weighted by Gasteiger charge is 2.14. The third-order valence-corrected chi connectivity index (χ3v) is 3.66. The molecule has 3 rings (SSSR count). The molecule has 0 bridgehead atoms. The molecule has 1 aliphatic heterocycles. The highest BCUT2D eigenvalue weighted by molar-refractivity contribution is 6.06. The zero-order chi connectivity index (χ0) is 15.9. The standard InChI is InChI=1S/C19H19NO3/c21-18(16-4-3-12-20-14-16)11-8-15-6-9-17(10-7-15)23-19-5-1-2-13-22-19/h3-4,6-12,14,19H,1-2,5,13H2/b11-8+. The number of benzene rings is 1. The summed E-state index contributed by atoms with van der Waals surface area (Å²) >= 11 is 0. The van der Waals surface area contributed by atoms with Crippen molar-refractivity contribution in [1.82, 2.24) is 4.98 Å². The van der Waals surface area contributed by atoms with Gasteiger partial charge in [-0.15, -0.1) is 0 Å². The molecule has 4 nitrogen and oxygen atoms in total. The van der Waals surface area contributed by atoms with Crippen molar-refractivity contribution in [3.05, 3.63) is 66.0 Å². The highest BCUT2D eigenvalue weighted by Crippen LogP contribution is 2.20. The summed E-state index contributed by atoms with van der Waals surface area (Å²) in [5, 5.41) is 0. The van der Waals surface area contributed by atoms with E-state index in [4.69, 9.17) is 9.47 Å². The summed E-state index contributed by atoms with van der Waals surface area (Å²) in [5.74, 6) is 0.724. The van der Waals surface area contributed by atoms with E-state index in [9.17, 15) is 4.79 Å². The van der Waals surface area contributed by atoms with Gasteiger partial charge in [0.05, 0.1) is 6.61 Å². The minimum absolute atomic E-state index is 0.0611. The van der Waals surface area contributed by atoms with Gasteiger partial charge in [-0.1, -0.05) is 18.2 Å². The Balaban J connectivity index is 1.58. The van der Waals surface area contributed by atoms with Crippen LogP contribution >= 0.6 is 0 Å². The summed E-state index contributed by atoms with van der Waals surface area (Å²) in [4.78, 5) is 15.9. The molecule has 1 fully saturated rings. The minimum Gasteiger partial charge on any atom is -0.465 e. The third kappa shape index (κ3) is 4.50. The lowest BCUT2D eigenvalue weighted by atomic mass is 10.1. The molecular weight excluding hydrogens is 290 g/mol. The van der Waals surface area contributed by atoms with Crippen LogP contribution in [0.3, 0.4) is 0 Å². The number of allylic oxidation sites excluding steroid dienone is 1.